The van der Waals surface area contributed by atoms with Crippen molar-refractivity contribution in [2.45, 2.75) is 51.2 Å². The van der Waals surface area contributed by atoms with E-state index >= 15 is 0 Å². The van der Waals surface area contributed by atoms with Crippen LogP contribution in [0.15, 0.2) is 60.7 Å². The van der Waals surface area contributed by atoms with Crippen LogP contribution in [0, 0.1) is 5.92 Å². The molecule has 0 aromatic heterocycles. The van der Waals surface area contributed by atoms with Crippen LogP contribution in [0.25, 0.3) is 0 Å². The number of carbonyl (C=O) groups excluding carboxylic acids is 1. The molecular formula is C22H31NO2Si. The van der Waals surface area contributed by atoms with Crippen LogP contribution in [0.2, 0.25) is 25.2 Å². The summed E-state index contributed by atoms with van der Waals surface area (Å²) in [6.45, 7) is 10.6. The number of carbonyl (C=O) groups is 1. The molecule has 0 saturated heterocycles. The Morgan fingerprint density at radius 1 is 0.885 bits per heavy atom. The molecule has 0 saturated carbocycles. The molecule has 0 fully saturated rings. The molecule has 2 rings (SSSR count). The smallest absolute Gasteiger partial charge is 0.223 e. The second-order valence-electron chi connectivity index (χ2n) is 8.18. The average Bonchev–Trinajstić information content (AvgIpc) is 2.61. The first-order valence-corrected chi connectivity index (χ1v) is 12.9. The van der Waals surface area contributed by atoms with Crippen LogP contribution in [0.3, 0.4) is 0 Å². The fourth-order valence-electron chi connectivity index (χ4n) is 3.69. The van der Waals surface area contributed by atoms with Gasteiger partial charge in [-0.2, -0.15) is 0 Å². The molecule has 2 aromatic carbocycles. The molecule has 140 valence electrons. The maximum Gasteiger partial charge on any atom is 0.223 e. The van der Waals surface area contributed by atoms with Gasteiger partial charge in [-0.25, -0.2) is 0 Å². The first kappa shape index (κ1) is 20.4. The van der Waals surface area contributed by atoms with Gasteiger partial charge in [-0.1, -0.05) is 87.2 Å². The van der Waals surface area contributed by atoms with E-state index in [0.717, 1.165) is 11.1 Å². The van der Waals surface area contributed by atoms with Crippen molar-refractivity contribution in [3.63, 3.8) is 0 Å². The topological polar surface area (TPSA) is 49.3 Å². The molecule has 2 N–H and O–H groups in total. The Morgan fingerprint density at radius 2 is 1.35 bits per heavy atom. The monoisotopic (exact) mass is 369 g/mol. The molecule has 0 aliphatic heterocycles. The molecule has 3 nitrogen and oxygen atoms in total. The molecule has 4 heteroatoms. The van der Waals surface area contributed by atoms with Crippen molar-refractivity contribution >= 4 is 14.0 Å². The highest BCUT2D eigenvalue weighted by atomic mass is 28.3. The Hall–Kier alpha value is -1.91. The Balaban J connectivity index is 2.18. The number of rotatable bonds is 7. The minimum atomic E-state index is -1.80. The molecule has 0 spiro atoms. The Kier molecular flexibility index (Phi) is 6.79. The first-order valence-electron chi connectivity index (χ1n) is 9.30. The van der Waals surface area contributed by atoms with Gasteiger partial charge in [0, 0.05) is 5.92 Å². The number of amides is 1. The Bertz CT molecular complexity index is 697. The third kappa shape index (κ3) is 5.05. The van der Waals surface area contributed by atoms with Gasteiger partial charge in [0.25, 0.3) is 0 Å². The largest absolute Gasteiger partial charge is 0.388 e. The summed E-state index contributed by atoms with van der Waals surface area (Å²) in [5, 5.41) is 14.2. The minimum Gasteiger partial charge on any atom is -0.388 e. The lowest BCUT2D eigenvalue weighted by Gasteiger charge is -2.37. The van der Waals surface area contributed by atoms with E-state index in [0.29, 0.717) is 0 Å². The van der Waals surface area contributed by atoms with Gasteiger partial charge in [0.15, 0.2) is 0 Å². The minimum absolute atomic E-state index is 0.00348. The zero-order chi connectivity index (χ0) is 19.3. The maximum absolute atomic E-state index is 13.0. The number of benzene rings is 2. The van der Waals surface area contributed by atoms with Crippen LogP contribution in [0.5, 0.6) is 0 Å². The van der Waals surface area contributed by atoms with Crippen molar-refractivity contribution in [2.75, 3.05) is 0 Å². The Morgan fingerprint density at radius 3 is 1.81 bits per heavy atom. The van der Waals surface area contributed by atoms with Gasteiger partial charge in [-0.15, -0.1) is 0 Å². The quantitative estimate of drug-likeness (QED) is 0.679. The van der Waals surface area contributed by atoms with Crippen LogP contribution in [0.4, 0.5) is 0 Å². The predicted molar refractivity (Wildman–Crippen MR) is 111 cm³/mol. The molecule has 0 radical (unpaired) electrons. The number of aliphatic hydroxyl groups excluding tert-OH is 1. The highest BCUT2D eigenvalue weighted by Crippen LogP contribution is 2.41. The standard InChI is InChI=1S/C22H31NO2Si/c1-16(22(25)23-17(2)18-12-8-6-9-13-18)21(26(3,4)5)20(24)19-14-10-7-11-15-19/h6-17,20-21,24H,1-5H3,(H,23,25). The summed E-state index contributed by atoms with van der Waals surface area (Å²) in [4.78, 5) is 13.0. The summed E-state index contributed by atoms with van der Waals surface area (Å²) in [5.74, 6) is -0.258. The third-order valence-corrected chi connectivity index (χ3v) is 7.91. The highest BCUT2D eigenvalue weighted by Gasteiger charge is 2.40. The summed E-state index contributed by atoms with van der Waals surface area (Å²) in [7, 11) is -1.80. The van der Waals surface area contributed by atoms with E-state index in [1.54, 1.807) is 0 Å². The van der Waals surface area contributed by atoms with E-state index < -0.39 is 14.2 Å². The summed E-state index contributed by atoms with van der Waals surface area (Å²) >= 11 is 0. The first-order chi connectivity index (χ1) is 12.2. The molecule has 0 aliphatic carbocycles. The zero-order valence-corrected chi connectivity index (χ0v) is 17.4. The fraction of sp³-hybridized carbons (Fsp3) is 0.409. The van der Waals surface area contributed by atoms with Crippen molar-refractivity contribution in [1.82, 2.24) is 5.32 Å². The van der Waals surface area contributed by atoms with E-state index in [4.69, 9.17) is 0 Å². The number of hydrogen-bond donors (Lipinski definition) is 2. The van der Waals surface area contributed by atoms with Crippen LogP contribution in [-0.2, 0) is 4.79 Å². The van der Waals surface area contributed by atoms with E-state index in [2.05, 4.69) is 25.0 Å². The van der Waals surface area contributed by atoms with Crippen molar-refractivity contribution in [3.05, 3.63) is 71.8 Å². The van der Waals surface area contributed by atoms with E-state index in [-0.39, 0.29) is 23.4 Å². The molecule has 1 amide bonds. The maximum atomic E-state index is 13.0. The van der Waals surface area contributed by atoms with Crippen LogP contribution in [0.1, 0.15) is 37.1 Å². The molecule has 0 aliphatic rings. The van der Waals surface area contributed by atoms with E-state index in [9.17, 15) is 9.90 Å². The van der Waals surface area contributed by atoms with Crippen LogP contribution >= 0.6 is 0 Å². The zero-order valence-electron chi connectivity index (χ0n) is 16.4. The molecule has 2 aromatic rings. The SMILES string of the molecule is CC(NC(=O)C(C)C(C(O)c1ccccc1)[Si](C)(C)C)c1ccccc1. The molecule has 0 heterocycles. The summed E-state index contributed by atoms with van der Waals surface area (Å²) in [5.41, 5.74) is 1.91. The fourth-order valence-corrected chi connectivity index (χ4v) is 6.48. The van der Waals surface area contributed by atoms with Gasteiger partial charge in [0.1, 0.15) is 0 Å². The summed E-state index contributed by atoms with van der Waals surface area (Å²) in [6.07, 6.45) is -0.629. The second-order valence-corrected chi connectivity index (χ2v) is 13.6. The number of nitrogens with one attached hydrogen (secondary N) is 1. The van der Waals surface area contributed by atoms with Gasteiger partial charge < -0.3 is 10.4 Å². The van der Waals surface area contributed by atoms with Gasteiger partial charge in [-0.3, -0.25) is 4.79 Å². The normalized spacial score (nSPS) is 16.4. The molecule has 26 heavy (non-hydrogen) atoms. The lowest BCUT2D eigenvalue weighted by Crippen LogP contribution is -2.43. The average molecular weight is 370 g/mol. The predicted octanol–water partition coefficient (Wildman–Crippen LogP) is 4.94. The van der Waals surface area contributed by atoms with Crippen LogP contribution < -0.4 is 5.32 Å². The molecule has 4 atom stereocenters. The lowest BCUT2D eigenvalue weighted by atomic mass is 9.96. The van der Waals surface area contributed by atoms with Gasteiger partial charge in [-0.05, 0) is 23.6 Å². The lowest BCUT2D eigenvalue weighted by molar-refractivity contribution is -0.126. The molecule has 4 unspecified atom stereocenters. The molecule has 0 bridgehead atoms. The van der Waals surface area contributed by atoms with Gasteiger partial charge in [0.05, 0.1) is 20.2 Å². The van der Waals surface area contributed by atoms with Crippen molar-refractivity contribution in [3.8, 4) is 0 Å². The third-order valence-electron chi connectivity index (χ3n) is 5.09. The van der Waals surface area contributed by atoms with Crippen molar-refractivity contribution in [1.29, 1.82) is 0 Å². The van der Waals surface area contributed by atoms with E-state index in [1.807, 2.05) is 74.5 Å². The molecular weight excluding hydrogens is 338 g/mol. The second kappa shape index (κ2) is 8.65. The highest BCUT2D eigenvalue weighted by molar-refractivity contribution is 6.78. The number of aliphatic hydroxyl groups is 1. The van der Waals surface area contributed by atoms with Crippen LogP contribution in [-0.4, -0.2) is 19.1 Å². The van der Waals surface area contributed by atoms with Gasteiger partial charge >= 0.3 is 0 Å². The Labute approximate surface area is 158 Å². The summed E-state index contributed by atoms with van der Waals surface area (Å²) in [6, 6.07) is 19.6. The van der Waals surface area contributed by atoms with Crippen molar-refractivity contribution in [2.24, 2.45) is 5.92 Å². The van der Waals surface area contributed by atoms with E-state index in [1.165, 1.54) is 0 Å². The summed E-state index contributed by atoms with van der Waals surface area (Å²) < 4.78 is 0. The number of hydrogen-bond acceptors (Lipinski definition) is 2. The van der Waals surface area contributed by atoms with Crippen molar-refractivity contribution < 1.29 is 9.90 Å². The van der Waals surface area contributed by atoms with Gasteiger partial charge in [0.2, 0.25) is 5.91 Å².